The molecule has 10 heteroatoms. The normalized spacial score (nSPS) is 18.2. The van der Waals surface area contributed by atoms with Crippen LogP contribution in [0.25, 0.3) is 0 Å². The summed E-state index contributed by atoms with van der Waals surface area (Å²) < 4.78 is 64.0. The van der Waals surface area contributed by atoms with Gasteiger partial charge in [0, 0.05) is 24.1 Å². The molecular formula is C22H26F2N2O5S. The molecule has 0 fully saturated rings. The summed E-state index contributed by atoms with van der Waals surface area (Å²) >= 11 is 0. The number of halogens is 2. The largest absolute Gasteiger partial charge is 0.497 e. The monoisotopic (exact) mass is 468 g/mol. The maximum atomic E-state index is 13.8. The maximum absolute atomic E-state index is 13.8. The highest BCUT2D eigenvalue weighted by Gasteiger charge is 2.37. The summed E-state index contributed by atoms with van der Waals surface area (Å²) in [7, 11) is -2.45. The van der Waals surface area contributed by atoms with E-state index in [-0.39, 0.29) is 5.69 Å². The van der Waals surface area contributed by atoms with Crippen LogP contribution in [0.3, 0.4) is 0 Å². The van der Waals surface area contributed by atoms with E-state index >= 15 is 0 Å². The molecule has 2 aromatic rings. The first-order chi connectivity index (χ1) is 14.8. The zero-order valence-corrected chi connectivity index (χ0v) is 19.3. The van der Waals surface area contributed by atoms with Gasteiger partial charge >= 0.3 is 0 Å². The van der Waals surface area contributed by atoms with Gasteiger partial charge in [0.1, 0.15) is 23.1 Å². The summed E-state index contributed by atoms with van der Waals surface area (Å²) in [5, 5.41) is 2.88. The molecule has 0 aromatic heterocycles. The minimum Gasteiger partial charge on any atom is -0.497 e. The van der Waals surface area contributed by atoms with E-state index in [9.17, 15) is 22.0 Å². The molecule has 0 saturated carbocycles. The van der Waals surface area contributed by atoms with E-state index in [1.54, 1.807) is 18.2 Å². The highest BCUT2D eigenvalue weighted by molar-refractivity contribution is 7.92. The Bertz CT molecular complexity index is 1140. The molecule has 1 amide bonds. The molecule has 0 unspecified atom stereocenters. The molecule has 1 aliphatic heterocycles. The van der Waals surface area contributed by atoms with Gasteiger partial charge in [-0.1, -0.05) is 0 Å². The van der Waals surface area contributed by atoms with Crippen LogP contribution in [-0.4, -0.2) is 39.3 Å². The van der Waals surface area contributed by atoms with Crippen LogP contribution < -0.4 is 19.1 Å². The number of hydrogen-bond acceptors (Lipinski definition) is 5. The van der Waals surface area contributed by atoms with E-state index in [1.165, 1.54) is 14.0 Å². The number of methoxy groups -OCH3 is 1. The highest BCUT2D eigenvalue weighted by atomic mass is 32.2. The van der Waals surface area contributed by atoms with Crippen molar-refractivity contribution in [3.8, 4) is 11.5 Å². The molecule has 1 N–H and O–H groups in total. The molecule has 1 heterocycles. The number of carbonyl (C=O) groups is 1. The van der Waals surface area contributed by atoms with Gasteiger partial charge < -0.3 is 14.8 Å². The van der Waals surface area contributed by atoms with E-state index in [0.717, 1.165) is 34.3 Å². The quantitative estimate of drug-likeness (QED) is 0.701. The number of sulfonamides is 1. The van der Waals surface area contributed by atoms with Crippen LogP contribution in [0.15, 0.2) is 36.4 Å². The SMILES string of the molecule is COc1ccc2c(c1)OC(C)(C)C[C@H]2NC(=O)[C@@H](C)N(c1ccc(F)c(F)c1)S(C)(=O)=O. The number of nitrogens with zero attached hydrogens (tertiary/aromatic N) is 1. The summed E-state index contributed by atoms with van der Waals surface area (Å²) in [4.78, 5) is 13.1. The zero-order chi connectivity index (χ0) is 23.8. The lowest BCUT2D eigenvalue weighted by atomic mass is 9.89. The van der Waals surface area contributed by atoms with Crippen molar-refractivity contribution in [3.05, 3.63) is 53.6 Å². The molecule has 0 radical (unpaired) electrons. The standard InChI is InChI=1S/C22H26F2N2O5S/c1-13(26(32(5,28)29)14-6-9-17(23)18(24)10-14)21(27)25-19-12-22(2,3)31-20-11-15(30-4)7-8-16(19)20/h6-11,13,19H,12H2,1-5H3,(H,25,27)/t13-,19-/m1/s1. The number of carbonyl (C=O) groups excluding carboxylic acids is 1. The Morgan fingerprint density at radius 1 is 1.22 bits per heavy atom. The van der Waals surface area contributed by atoms with Crippen molar-refractivity contribution in [3.63, 3.8) is 0 Å². The van der Waals surface area contributed by atoms with Gasteiger partial charge in [-0.3, -0.25) is 9.10 Å². The highest BCUT2D eigenvalue weighted by Crippen LogP contribution is 2.41. The van der Waals surface area contributed by atoms with Gasteiger partial charge in [0.2, 0.25) is 15.9 Å². The van der Waals surface area contributed by atoms with E-state index in [2.05, 4.69) is 5.32 Å². The third kappa shape index (κ3) is 4.95. The van der Waals surface area contributed by atoms with Gasteiger partial charge in [0.25, 0.3) is 0 Å². The van der Waals surface area contributed by atoms with Crippen LogP contribution in [0.4, 0.5) is 14.5 Å². The van der Waals surface area contributed by atoms with Crippen LogP contribution in [0.2, 0.25) is 0 Å². The summed E-state index contributed by atoms with van der Waals surface area (Å²) in [6.07, 6.45) is 1.34. The van der Waals surface area contributed by atoms with Crippen molar-refractivity contribution in [2.75, 3.05) is 17.7 Å². The van der Waals surface area contributed by atoms with Gasteiger partial charge in [0.15, 0.2) is 11.6 Å². The molecule has 2 aromatic carbocycles. The lowest BCUT2D eigenvalue weighted by Gasteiger charge is -2.39. The number of fused-ring (bicyclic) bond motifs is 1. The van der Waals surface area contributed by atoms with Crippen molar-refractivity contribution in [1.29, 1.82) is 0 Å². The summed E-state index contributed by atoms with van der Waals surface area (Å²) in [5.74, 6) is -1.76. The molecule has 0 saturated heterocycles. The second-order valence-electron chi connectivity index (χ2n) is 8.36. The Morgan fingerprint density at radius 3 is 2.50 bits per heavy atom. The Hall–Kier alpha value is -2.88. The number of nitrogens with one attached hydrogen (secondary N) is 1. The van der Waals surface area contributed by atoms with Crippen LogP contribution >= 0.6 is 0 Å². The van der Waals surface area contributed by atoms with E-state index in [1.807, 2.05) is 13.8 Å². The lowest BCUT2D eigenvalue weighted by Crippen LogP contribution is -2.50. The molecule has 1 aliphatic rings. The molecule has 7 nitrogen and oxygen atoms in total. The number of ether oxygens (including phenoxy) is 2. The fraction of sp³-hybridized carbons (Fsp3) is 0.409. The third-order valence-corrected chi connectivity index (χ3v) is 6.48. The summed E-state index contributed by atoms with van der Waals surface area (Å²) in [6, 6.07) is 6.25. The first-order valence-electron chi connectivity index (χ1n) is 9.94. The minimum atomic E-state index is -3.98. The van der Waals surface area contributed by atoms with Crippen LogP contribution in [0.1, 0.15) is 38.8 Å². The topological polar surface area (TPSA) is 84.9 Å². The lowest BCUT2D eigenvalue weighted by molar-refractivity contribution is -0.123. The first-order valence-corrected chi connectivity index (χ1v) is 11.8. The summed E-state index contributed by atoms with van der Waals surface area (Å²) in [5.41, 5.74) is -0.0205. The smallest absolute Gasteiger partial charge is 0.244 e. The van der Waals surface area contributed by atoms with Crippen molar-refractivity contribution in [2.45, 2.75) is 44.9 Å². The van der Waals surface area contributed by atoms with Gasteiger partial charge in [-0.25, -0.2) is 17.2 Å². The minimum absolute atomic E-state index is 0.147. The molecule has 2 atom stereocenters. The molecule has 32 heavy (non-hydrogen) atoms. The number of hydrogen-bond donors (Lipinski definition) is 1. The van der Waals surface area contributed by atoms with Crippen LogP contribution in [0, 0.1) is 11.6 Å². The fourth-order valence-corrected chi connectivity index (χ4v) is 4.98. The van der Waals surface area contributed by atoms with Gasteiger partial charge in [-0.15, -0.1) is 0 Å². The van der Waals surface area contributed by atoms with Gasteiger partial charge in [-0.05, 0) is 45.0 Å². The third-order valence-electron chi connectivity index (χ3n) is 5.24. The predicted molar refractivity (Wildman–Crippen MR) is 116 cm³/mol. The Morgan fingerprint density at radius 2 is 1.91 bits per heavy atom. The molecular weight excluding hydrogens is 442 g/mol. The second kappa shape index (κ2) is 8.57. The van der Waals surface area contributed by atoms with Crippen molar-refractivity contribution in [2.24, 2.45) is 0 Å². The van der Waals surface area contributed by atoms with Crippen molar-refractivity contribution < 1.29 is 31.5 Å². The maximum Gasteiger partial charge on any atom is 0.244 e. The Labute approximate surface area is 186 Å². The average Bonchev–Trinajstić information content (AvgIpc) is 2.68. The van der Waals surface area contributed by atoms with Crippen LogP contribution in [0.5, 0.6) is 11.5 Å². The predicted octanol–water partition coefficient (Wildman–Crippen LogP) is 3.55. The number of benzene rings is 2. The van der Waals surface area contributed by atoms with Crippen LogP contribution in [-0.2, 0) is 14.8 Å². The van der Waals surface area contributed by atoms with Gasteiger partial charge in [0.05, 0.1) is 25.1 Å². The molecule has 3 rings (SSSR count). The molecule has 0 bridgehead atoms. The molecule has 174 valence electrons. The fourth-order valence-electron chi connectivity index (χ4n) is 3.81. The van der Waals surface area contributed by atoms with E-state index in [4.69, 9.17) is 9.47 Å². The Balaban J connectivity index is 1.92. The van der Waals surface area contributed by atoms with Crippen molar-refractivity contribution in [1.82, 2.24) is 5.32 Å². The number of anilines is 1. The molecule has 0 aliphatic carbocycles. The average molecular weight is 469 g/mol. The Kier molecular flexibility index (Phi) is 6.37. The summed E-state index contributed by atoms with van der Waals surface area (Å²) in [6.45, 7) is 5.14. The number of rotatable bonds is 6. The van der Waals surface area contributed by atoms with E-state index < -0.39 is 45.2 Å². The van der Waals surface area contributed by atoms with Crippen molar-refractivity contribution >= 4 is 21.6 Å². The number of amides is 1. The van der Waals surface area contributed by atoms with E-state index in [0.29, 0.717) is 17.9 Å². The zero-order valence-electron chi connectivity index (χ0n) is 18.5. The van der Waals surface area contributed by atoms with Gasteiger partial charge in [-0.2, -0.15) is 0 Å². The molecule has 0 spiro atoms. The first kappa shape index (κ1) is 23.8. The second-order valence-corrected chi connectivity index (χ2v) is 10.2.